The number of ether oxygens (including phenoxy) is 1. The summed E-state index contributed by atoms with van der Waals surface area (Å²) in [7, 11) is 0. The van der Waals surface area contributed by atoms with E-state index >= 15 is 0 Å². The molecular formula is C16H22N2OS. The monoisotopic (exact) mass is 290 g/mol. The molecule has 0 aliphatic rings. The van der Waals surface area contributed by atoms with Gasteiger partial charge in [-0.3, -0.25) is 0 Å². The van der Waals surface area contributed by atoms with Gasteiger partial charge in [-0.15, -0.1) is 11.3 Å². The largest absolute Gasteiger partial charge is 0.491 e. The first-order valence-electron chi connectivity index (χ1n) is 6.99. The molecule has 0 saturated carbocycles. The second kappa shape index (κ2) is 6.37. The third-order valence-corrected chi connectivity index (χ3v) is 4.20. The molecule has 0 amide bonds. The number of rotatable bonds is 5. The van der Waals surface area contributed by atoms with Gasteiger partial charge in [-0.25, -0.2) is 4.98 Å². The molecule has 0 saturated heterocycles. The van der Waals surface area contributed by atoms with E-state index in [1.807, 2.05) is 38.1 Å². The molecule has 1 atom stereocenters. The highest BCUT2D eigenvalue weighted by atomic mass is 32.1. The zero-order chi connectivity index (χ0) is 14.7. The topological polar surface area (TPSA) is 48.1 Å². The number of hydrogen-bond donors (Lipinski definition) is 1. The third-order valence-electron chi connectivity index (χ3n) is 3.10. The molecule has 108 valence electrons. The number of nitrogens with zero attached hydrogens (tertiary/aromatic N) is 1. The zero-order valence-electron chi connectivity index (χ0n) is 12.5. The van der Waals surface area contributed by atoms with Gasteiger partial charge in [0.1, 0.15) is 10.8 Å². The molecule has 0 aliphatic carbocycles. The molecule has 1 aromatic carbocycles. The molecule has 1 aromatic heterocycles. The van der Waals surface area contributed by atoms with E-state index in [0.717, 1.165) is 28.4 Å². The van der Waals surface area contributed by atoms with E-state index in [-0.39, 0.29) is 12.1 Å². The lowest BCUT2D eigenvalue weighted by Crippen LogP contribution is -2.12. The Kier molecular flexibility index (Phi) is 4.78. The van der Waals surface area contributed by atoms with E-state index in [1.165, 1.54) is 4.88 Å². The summed E-state index contributed by atoms with van der Waals surface area (Å²) in [5, 5.41) is 0.973. The lowest BCUT2D eigenvalue weighted by Gasteiger charge is -2.13. The molecule has 3 nitrogen and oxygen atoms in total. The van der Waals surface area contributed by atoms with Crippen LogP contribution in [0, 0.1) is 6.92 Å². The zero-order valence-corrected chi connectivity index (χ0v) is 13.3. The first-order valence-corrected chi connectivity index (χ1v) is 7.81. The van der Waals surface area contributed by atoms with Gasteiger partial charge in [0.15, 0.2) is 0 Å². The number of nitrogens with two attached hydrogens (primary N) is 1. The van der Waals surface area contributed by atoms with Gasteiger partial charge in [0, 0.05) is 4.88 Å². The van der Waals surface area contributed by atoms with Gasteiger partial charge in [-0.2, -0.15) is 0 Å². The molecule has 2 aromatic rings. The van der Waals surface area contributed by atoms with Crippen molar-refractivity contribution in [2.24, 2.45) is 5.73 Å². The van der Waals surface area contributed by atoms with Crippen LogP contribution in [0.15, 0.2) is 24.3 Å². The molecule has 2 rings (SSSR count). The van der Waals surface area contributed by atoms with Crippen molar-refractivity contribution in [1.82, 2.24) is 4.98 Å². The molecule has 20 heavy (non-hydrogen) atoms. The first kappa shape index (κ1) is 15.0. The van der Waals surface area contributed by atoms with Crippen molar-refractivity contribution in [3.8, 4) is 5.75 Å². The van der Waals surface area contributed by atoms with Crippen LogP contribution in [0.1, 0.15) is 48.0 Å². The Labute approximate surface area is 124 Å². The summed E-state index contributed by atoms with van der Waals surface area (Å²) in [4.78, 5) is 5.90. The molecule has 1 unspecified atom stereocenters. The molecule has 4 heteroatoms. The minimum atomic E-state index is -0.185. The normalized spacial score (nSPS) is 12.7. The lowest BCUT2D eigenvalue weighted by atomic mass is 10.1. The van der Waals surface area contributed by atoms with E-state index in [1.54, 1.807) is 11.3 Å². The highest BCUT2D eigenvalue weighted by molar-refractivity contribution is 7.11. The number of aryl methyl sites for hydroxylation is 2. The summed E-state index contributed by atoms with van der Waals surface area (Å²) in [5.74, 6) is 0.858. The van der Waals surface area contributed by atoms with Gasteiger partial charge in [-0.05, 0) is 44.9 Å². The summed E-state index contributed by atoms with van der Waals surface area (Å²) in [6, 6.07) is 7.79. The number of benzene rings is 1. The second-order valence-electron chi connectivity index (χ2n) is 5.13. The molecule has 0 bridgehead atoms. The van der Waals surface area contributed by atoms with Gasteiger partial charge in [0.05, 0.1) is 17.8 Å². The summed E-state index contributed by atoms with van der Waals surface area (Å²) >= 11 is 1.68. The number of aromatic nitrogens is 1. The average molecular weight is 290 g/mol. The summed E-state index contributed by atoms with van der Waals surface area (Å²) < 4.78 is 5.72. The fourth-order valence-corrected chi connectivity index (χ4v) is 3.15. The van der Waals surface area contributed by atoms with Gasteiger partial charge >= 0.3 is 0 Å². The Hall–Kier alpha value is -1.39. The molecule has 1 heterocycles. The molecular weight excluding hydrogens is 268 g/mol. The van der Waals surface area contributed by atoms with Crippen molar-refractivity contribution < 1.29 is 4.74 Å². The summed E-state index contributed by atoms with van der Waals surface area (Å²) in [6.07, 6.45) is 1.11. The SMILES string of the molecule is CCc1nc(C(N)c2cccc(OC(C)C)c2)sc1C. The molecule has 0 aliphatic heterocycles. The van der Waals surface area contributed by atoms with Crippen molar-refractivity contribution in [3.05, 3.63) is 45.4 Å². The van der Waals surface area contributed by atoms with Crippen molar-refractivity contribution in [1.29, 1.82) is 0 Å². The Bertz CT molecular complexity index is 578. The Morgan fingerprint density at radius 3 is 2.70 bits per heavy atom. The van der Waals surface area contributed by atoms with E-state index in [0.29, 0.717) is 0 Å². The second-order valence-corrected chi connectivity index (χ2v) is 6.36. The fourth-order valence-electron chi connectivity index (χ4n) is 2.11. The van der Waals surface area contributed by atoms with Crippen LogP contribution in [-0.2, 0) is 6.42 Å². The van der Waals surface area contributed by atoms with Crippen molar-refractivity contribution >= 4 is 11.3 Å². The highest BCUT2D eigenvalue weighted by Crippen LogP contribution is 2.28. The van der Waals surface area contributed by atoms with Crippen LogP contribution in [0.25, 0.3) is 0 Å². The van der Waals surface area contributed by atoms with Crippen LogP contribution < -0.4 is 10.5 Å². The third kappa shape index (κ3) is 3.38. The van der Waals surface area contributed by atoms with Crippen LogP contribution in [0.2, 0.25) is 0 Å². The first-order chi connectivity index (χ1) is 9.51. The average Bonchev–Trinajstić information content (AvgIpc) is 2.78. The maximum absolute atomic E-state index is 6.35. The Morgan fingerprint density at radius 1 is 1.35 bits per heavy atom. The standard InChI is InChI=1S/C16H22N2OS/c1-5-14-11(4)20-16(18-14)15(17)12-7-6-8-13(9-12)19-10(2)3/h6-10,15H,5,17H2,1-4H3. The van der Waals surface area contributed by atoms with Gasteiger partial charge in [-0.1, -0.05) is 19.1 Å². The van der Waals surface area contributed by atoms with Crippen LogP contribution >= 0.6 is 11.3 Å². The Balaban J connectivity index is 2.25. The number of thiazole rings is 1. The van der Waals surface area contributed by atoms with Crippen LogP contribution in [0.5, 0.6) is 5.75 Å². The molecule has 0 fully saturated rings. The predicted octanol–water partition coefficient (Wildman–Crippen LogP) is 3.85. The van der Waals surface area contributed by atoms with Crippen LogP contribution in [-0.4, -0.2) is 11.1 Å². The van der Waals surface area contributed by atoms with Crippen LogP contribution in [0.4, 0.5) is 0 Å². The van der Waals surface area contributed by atoms with E-state index < -0.39 is 0 Å². The molecule has 0 spiro atoms. The maximum atomic E-state index is 6.35. The van der Waals surface area contributed by atoms with Crippen molar-refractivity contribution in [3.63, 3.8) is 0 Å². The van der Waals surface area contributed by atoms with E-state index in [2.05, 4.69) is 18.8 Å². The minimum absolute atomic E-state index is 0.162. The number of hydrogen-bond acceptors (Lipinski definition) is 4. The fraction of sp³-hybridized carbons (Fsp3) is 0.438. The lowest BCUT2D eigenvalue weighted by molar-refractivity contribution is 0.242. The molecule has 2 N–H and O–H groups in total. The van der Waals surface area contributed by atoms with Gasteiger partial charge in [0.2, 0.25) is 0 Å². The van der Waals surface area contributed by atoms with Gasteiger partial charge < -0.3 is 10.5 Å². The van der Waals surface area contributed by atoms with Crippen LogP contribution in [0.3, 0.4) is 0 Å². The van der Waals surface area contributed by atoms with E-state index in [4.69, 9.17) is 10.5 Å². The van der Waals surface area contributed by atoms with Crippen molar-refractivity contribution in [2.75, 3.05) is 0 Å². The minimum Gasteiger partial charge on any atom is -0.491 e. The predicted molar refractivity (Wildman–Crippen MR) is 84.5 cm³/mol. The Morgan fingerprint density at radius 2 is 2.10 bits per heavy atom. The molecule has 0 radical (unpaired) electrons. The van der Waals surface area contributed by atoms with Crippen molar-refractivity contribution in [2.45, 2.75) is 46.3 Å². The van der Waals surface area contributed by atoms with E-state index in [9.17, 15) is 0 Å². The smallest absolute Gasteiger partial charge is 0.120 e. The summed E-state index contributed by atoms with van der Waals surface area (Å²) in [5.41, 5.74) is 8.53. The maximum Gasteiger partial charge on any atom is 0.120 e. The highest BCUT2D eigenvalue weighted by Gasteiger charge is 2.16. The quantitative estimate of drug-likeness (QED) is 0.910. The van der Waals surface area contributed by atoms with Gasteiger partial charge in [0.25, 0.3) is 0 Å². The summed E-state index contributed by atoms with van der Waals surface area (Å²) in [6.45, 7) is 8.26.